The average molecular weight is 396 g/mol. The van der Waals surface area contributed by atoms with Crippen molar-refractivity contribution < 1.29 is 14.3 Å². The van der Waals surface area contributed by atoms with Crippen LogP contribution < -0.4 is 16.0 Å². The molecule has 3 N–H and O–H groups in total. The number of hydrogen-bond acceptors (Lipinski definition) is 5. The number of benzene rings is 1. The van der Waals surface area contributed by atoms with E-state index in [0.29, 0.717) is 29.1 Å². The molecule has 0 aliphatic carbocycles. The lowest BCUT2D eigenvalue weighted by Crippen LogP contribution is -2.51. The van der Waals surface area contributed by atoms with Gasteiger partial charge in [0.2, 0.25) is 0 Å². The van der Waals surface area contributed by atoms with Crippen molar-refractivity contribution in [2.24, 2.45) is 0 Å². The molecule has 0 radical (unpaired) electrons. The molecule has 1 aliphatic heterocycles. The van der Waals surface area contributed by atoms with Crippen LogP contribution in [0.4, 0.5) is 11.4 Å². The molecule has 140 valence electrons. The first kappa shape index (κ1) is 20.4. The van der Waals surface area contributed by atoms with Gasteiger partial charge in [-0.2, -0.15) is 0 Å². The van der Waals surface area contributed by atoms with Crippen molar-refractivity contribution in [3.8, 4) is 0 Å². The highest BCUT2D eigenvalue weighted by Gasteiger charge is 2.39. The van der Waals surface area contributed by atoms with Crippen LogP contribution in [0.5, 0.6) is 0 Å². The van der Waals surface area contributed by atoms with E-state index in [2.05, 4.69) is 16.0 Å². The maximum absolute atomic E-state index is 12.7. The van der Waals surface area contributed by atoms with Crippen LogP contribution in [0.3, 0.4) is 0 Å². The number of halogens is 1. The Morgan fingerprint density at radius 2 is 1.81 bits per heavy atom. The normalized spacial score (nSPS) is 15.6. The fourth-order valence-corrected chi connectivity index (χ4v) is 3.49. The van der Waals surface area contributed by atoms with E-state index in [-0.39, 0.29) is 24.2 Å². The van der Waals surface area contributed by atoms with Gasteiger partial charge in [-0.15, -0.1) is 23.7 Å². The number of carbonyl (C=O) groups is 2. The summed E-state index contributed by atoms with van der Waals surface area (Å²) in [5.74, 6) is -0.316. The highest BCUT2D eigenvalue weighted by molar-refractivity contribution is 7.12. The zero-order valence-corrected chi connectivity index (χ0v) is 16.0. The third-order valence-corrected chi connectivity index (χ3v) is 5.21. The molecule has 6 nitrogen and oxygen atoms in total. The molecule has 1 saturated heterocycles. The van der Waals surface area contributed by atoms with Crippen molar-refractivity contribution in [3.63, 3.8) is 0 Å². The van der Waals surface area contributed by atoms with Gasteiger partial charge >= 0.3 is 0 Å². The SMILES string of the molecule is COC1(C(=O)Nc2cccc(NC(=O)c3cccs3)c2)CCNCC1.Cl. The van der Waals surface area contributed by atoms with E-state index in [0.717, 1.165) is 13.1 Å². The average Bonchev–Trinajstić information content (AvgIpc) is 3.17. The van der Waals surface area contributed by atoms with Gasteiger partial charge < -0.3 is 20.7 Å². The second-order valence-corrected chi connectivity index (χ2v) is 6.86. The summed E-state index contributed by atoms with van der Waals surface area (Å²) in [5, 5.41) is 10.8. The van der Waals surface area contributed by atoms with E-state index in [1.165, 1.54) is 11.3 Å². The number of nitrogens with one attached hydrogen (secondary N) is 3. The summed E-state index contributed by atoms with van der Waals surface area (Å²) in [6, 6.07) is 10.7. The number of piperidine rings is 1. The lowest BCUT2D eigenvalue weighted by molar-refractivity contribution is -0.140. The van der Waals surface area contributed by atoms with Crippen molar-refractivity contribution in [1.29, 1.82) is 0 Å². The van der Waals surface area contributed by atoms with Crippen molar-refractivity contribution >= 4 is 46.9 Å². The molecule has 0 atom stereocenters. The van der Waals surface area contributed by atoms with Gasteiger partial charge in [-0.25, -0.2) is 0 Å². The Hall–Kier alpha value is -1.93. The van der Waals surface area contributed by atoms with E-state index < -0.39 is 5.60 Å². The lowest BCUT2D eigenvalue weighted by atomic mass is 9.91. The van der Waals surface area contributed by atoms with Crippen LogP contribution >= 0.6 is 23.7 Å². The first-order chi connectivity index (χ1) is 12.1. The minimum Gasteiger partial charge on any atom is -0.368 e. The topological polar surface area (TPSA) is 79.5 Å². The maximum Gasteiger partial charge on any atom is 0.265 e. The van der Waals surface area contributed by atoms with Crippen LogP contribution in [0.25, 0.3) is 0 Å². The molecule has 2 aromatic rings. The molecule has 2 amide bonds. The van der Waals surface area contributed by atoms with Crippen molar-refractivity contribution in [2.75, 3.05) is 30.8 Å². The number of hydrogen-bond donors (Lipinski definition) is 3. The molecule has 1 aliphatic rings. The van der Waals surface area contributed by atoms with E-state index in [1.807, 2.05) is 11.4 Å². The van der Waals surface area contributed by atoms with Gasteiger partial charge in [0.05, 0.1) is 4.88 Å². The Kier molecular flexibility index (Phi) is 7.16. The zero-order valence-electron chi connectivity index (χ0n) is 14.4. The fraction of sp³-hybridized carbons (Fsp3) is 0.333. The van der Waals surface area contributed by atoms with Gasteiger partial charge in [-0.3, -0.25) is 9.59 Å². The summed E-state index contributed by atoms with van der Waals surface area (Å²) in [7, 11) is 1.57. The summed E-state index contributed by atoms with van der Waals surface area (Å²) in [6.45, 7) is 1.50. The van der Waals surface area contributed by atoms with E-state index in [1.54, 1.807) is 37.4 Å². The largest absolute Gasteiger partial charge is 0.368 e. The van der Waals surface area contributed by atoms with Crippen LogP contribution in [-0.4, -0.2) is 37.6 Å². The predicted molar refractivity (Wildman–Crippen MR) is 106 cm³/mol. The van der Waals surface area contributed by atoms with Crippen molar-refractivity contribution in [1.82, 2.24) is 5.32 Å². The van der Waals surface area contributed by atoms with Crippen LogP contribution in [-0.2, 0) is 9.53 Å². The summed E-state index contributed by atoms with van der Waals surface area (Å²) in [5.41, 5.74) is 0.457. The molecule has 2 heterocycles. The molecule has 0 bridgehead atoms. The van der Waals surface area contributed by atoms with E-state index in [9.17, 15) is 9.59 Å². The minimum atomic E-state index is -0.804. The lowest BCUT2D eigenvalue weighted by Gasteiger charge is -2.34. The van der Waals surface area contributed by atoms with E-state index in [4.69, 9.17) is 4.74 Å². The van der Waals surface area contributed by atoms with Crippen LogP contribution in [0.2, 0.25) is 0 Å². The van der Waals surface area contributed by atoms with Crippen molar-refractivity contribution in [3.05, 3.63) is 46.7 Å². The summed E-state index contributed by atoms with van der Waals surface area (Å²) >= 11 is 1.38. The number of thiophene rings is 1. The molecule has 1 aromatic carbocycles. The highest BCUT2D eigenvalue weighted by atomic mass is 35.5. The van der Waals surface area contributed by atoms with Gasteiger partial charge in [0.25, 0.3) is 11.8 Å². The monoisotopic (exact) mass is 395 g/mol. The zero-order chi connectivity index (χ0) is 17.7. The number of rotatable bonds is 5. The quantitative estimate of drug-likeness (QED) is 0.726. The Labute approximate surface area is 162 Å². The Morgan fingerprint density at radius 3 is 2.42 bits per heavy atom. The first-order valence-electron chi connectivity index (χ1n) is 8.15. The maximum atomic E-state index is 12.7. The van der Waals surface area contributed by atoms with Crippen molar-refractivity contribution in [2.45, 2.75) is 18.4 Å². The molecule has 3 rings (SSSR count). The Morgan fingerprint density at radius 1 is 1.12 bits per heavy atom. The molecular weight excluding hydrogens is 374 g/mol. The first-order valence-corrected chi connectivity index (χ1v) is 9.03. The van der Waals surface area contributed by atoms with Gasteiger partial charge in [0.15, 0.2) is 0 Å². The molecule has 0 spiro atoms. The number of anilines is 2. The second kappa shape index (κ2) is 9.14. The molecule has 1 fully saturated rings. The molecule has 0 saturated carbocycles. The molecular formula is C18H22ClN3O3S. The second-order valence-electron chi connectivity index (χ2n) is 5.91. The minimum absolute atomic E-state index is 0. The third kappa shape index (κ3) is 4.62. The van der Waals surface area contributed by atoms with Crippen LogP contribution in [0, 0.1) is 0 Å². The van der Waals surface area contributed by atoms with Crippen LogP contribution in [0.15, 0.2) is 41.8 Å². The summed E-state index contributed by atoms with van der Waals surface area (Å²) in [6.07, 6.45) is 1.26. The third-order valence-electron chi connectivity index (χ3n) is 4.34. The predicted octanol–water partition coefficient (Wildman–Crippen LogP) is 3.13. The number of carbonyl (C=O) groups excluding carboxylic acids is 2. The molecule has 26 heavy (non-hydrogen) atoms. The standard InChI is InChI=1S/C18H21N3O3S.ClH/c1-24-18(7-9-19-10-8-18)17(23)21-14-5-2-4-13(12-14)20-16(22)15-6-3-11-25-15;/h2-6,11-12,19H,7-10H2,1H3,(H,20,22)(H,21,23);1H. The van der Waals surface area contributed by atoms with E-state index >= 15 is 0 Å². The van der Waals surface area contributed by atoms with Gasteiger partial charge in [0.1, 0.15) is 5.60 Å². The molecule has 0 unspecified atom stereocenters. The number of amides is 2. The van der Waals surface area contributed by atoms with Gasteiger partial charge in [-0.05, 0) is 55.6 Å². The molecule has 8 heteroatoms. The van der Waals surface area contributed by atoms with Crippen LogP contribution in [0.1, 0.15) is 22.5 Å². The Balaban J connectivity index is 0.00000243. The van der Waals surface area contributed by atoms with Gasteiger partial charge in [-0.1, -0.05) is 12.1 Å². The van der Waals surface area contributed by atoms with Gasteiger partial charge in [0, 0.05) is 18.5 Å². The summed E-state index contributed by atoms with van der Waals surface area (Å²) < 4.78 is 5.54. The highest BCUT2D eigenvalue weighted by Crippen LogP contribution is 2.25. The number of ether oxygens (including phenoxy) is 1. The Bertz CT molecular complexity index is 746. The fourth-order valence-electron chi connectivity index (χ4n) is 2.87. The molecule has 1 aromatic heterocycles. The smallest absolute Gasteiger partial charge is 0.265 e. The number of methoxy groups -OCH3 is 1. The summed E-state index contributed by atoms with van der Waals surface area (Å²) in [4.78, 5) is 25.5.